The fourth-order valence-electron chi connectivity index (χ4n) is 1.77. The van der Waals surface area contributed by atoms with E-state index >= 15 is 0 Å². The van der Waals surface area contributed by atoms with Crippen LogP contribution in [0.4, 0.5) is 5.69 Å². The Labute approximate surface area is 108 Å². The molecule has 0 bridgehead atoms. The van der Waals surface area contributed by atoms with E-state index in [1.807, 2.05) is 38.4 Å². The van der Waals surface area contributed by atoms with Gasteiger partial charge in [-0.25, -0.2) is 0 Å². The summed E-state index contributed by atoms with van der Waals surface area (Å²) in [5, 5.41) is 3.35. The predicted octanol–water partition coefficient (Wildman–Crippen LogP) is 3.40. The van der Waals surface area contributed by atoms with Crippen LogP contribution in [0.15, 0.2) is 42.7 Å². The number of aromatic nitrogens is 1. The highest BCUT2D eigenvalue weighted by Gasteiger charge is 1.97. The molecule has 3 nitrogen and oxygen atoms in total. The largest absolute Gasteiger partial charge is 0.494 e. The van der Waals surface area contributed by atoms with Crippen molar-refractivity contribution in [2.45, 2.75) is 20.4 Å². The van der Waals surface area contributed by atoms with Crippen LogP contribution >= 0.6 is 0 Å². The minimum Gasteiger partial charge on any atom is -0.494 e. The second-order valence-corrected chi connectivity index (χ2v) is 4.18. The van der Waals surface area contributed by atoms with Crippen LogP contribution in [0.2, 0.25) is 0 Å². The molecule has 0 spiro atoms. The molecule has 0 unspecified atom stereocenters. The quantitative estimate of drug-likeness (QED) is 0.872. The highest BCUT2D eigenvalue weighted by atomic mass is 16.5. The summed E-state index contributed by atoms with van der Waals surface area (Å²) in [6.45, 7) is 5.49. The number of aryl methyl sites for hydroxylation is 1. The number of rotatable bonds is 5. The Kier molecular flexibility index (Phi) is 4.18. The third-order valence-corrected chi connectivity index (χ3v) is 2.58. The van der Waals surface area contributed by atoms with E-state index < -0.39 is 0 Å². The third kappa shape index (κ3) is 3.48. The second kappa shape index (κ2) is 6.05. The summed E-state index contributed by atoms with van der Waals surface area (Å²) >= 11 is 0. The van der Waals surface area contributed by atoms with Gasteiger partial charge in [0.1, 0.15) is 5.75 Å². The van der Waals surface area contributed by atoms with Crippen molar-refractivity contribution < 1.29 is 4.74 Å². The average molecular weight is 242 g/mol. The Morgan fingerprint density at radius 2 is 2.11 bits per heavy atom. The molecule has 0 fully saturated rings. The number of nitrogens with one attached hydrogen (secondary N) is 1. The maximum absolute atomic E-state index is 5.48. The Morgan fingerprint density at radius 1 is 1.22 bits per heavy atom. The molecule has 0 amide bonds. The van der Waals surface area contributed by atoms with E-state index in [0.29, 0.717) is 6.61 Å². The van der Waals surface area contributed by atoms with Crippen LogP contribution in [0.3, 0.4) is 0 Å². The lowest BCUT2D eigenvalue weighted by atomic mass is 10.2. The van der Waals surface area contributed by atoms with Crippen molar-refractivity contribution >= 4 is 5.69 Å². The molecular weight excluding hydrogens is 224 g/mol. The van der Waals surface area contributed by atoms with Crippen molar-refractivity contribution in [3.63, 3.8) is 0 Å². The van der Waals surface area contributed by atoms with Gasteiger partial charge >= 0.3 is 0 Å². The van der Waals surface area contributed by atoms with Crippen molar-refractivity contribution in [3.05, 3.63) is 53.9 Å². The number of hydrogen-bond acceptors (Lipinski definition) is 3. The van der Waals surface area contributed by atoms with Gasteiger partial charge in [0.15, 0.2) is 0 Å². The van der Waals surface area contributed by atoms with Gasteiger partial charge in [0, 0.05) is 18.9 Å². The molecule has 1 N–H and O–H groups in total. The number of hydrogen-bond donors (Lipinski definition) is 1. The molecule has 1 aromatic heterocycles. The van der Waals surface area contributed by atoms with Crippen molar-refractivity contribution in [3.8, 4) is 5.75 Å². The SMILES string of the molecule is CCOc1cccc(CNc2cncc(C)c2)c1. The van der Waals surface area contributed by atoms with Gasteiger partial charge < -0.3 is 10.1 Å². The van der Waals surface area contributed by atoms with E-state index in [9.17, 15) is 0 Å². The van der Waals surface area contributed by atoms with Crippen LogP contribution in [0.5, 0.6) is 5.75 Å². The molecule has 18 heavy (non-hydrogen) atoms. The minimum atomic E-state index is 0.693. The number of benzene rings is 1. The summed E-state index contributed by atoms with van der Waals surface area (Å²) in [7, 11) is 0. The first kappa shape index (κ1) is 12.4. The smallest absolute Gasteiger partial charge is 0.119 e. The van der Waals surface area contributed by atoms with Crippen LogP contribution in [-0.2, 0) is 6.54 Å². The van der Waals surface area contributed by atoms with Crippen LogP contribution in [-0.4, -0.2) is 11.6 Å². The molecule has 0 atom stereocenters. The Balaban J connectivity index is 1.99. The van der Waals surface area contributed by atoms with E-state index in [0.717, 1.165) is 23.5 Å². The van der Waals surface area contributed by atoms with Gasteiger partial charge in [-0.05, 0) is 43.2 Å². The first-order chi connectivity index (χ1) is 8.78. The molecule has 0 radical (unpaired) electrons. The molecule has 1 heterocycles. The molecule has 2 aromatic rings. The number of ether oxygens (including phenoxy) is 1. The lowest BCUT2D eigenvalue weighted by molar-refractivity contribution is 0.340. The van der Waals surface area contributed by atoms with E-state index in [-0.39, 0.29) is 0 Å². The van der Waals surface area contributed by atoms with Crippen molar-refractivity contribution in [1.82, 2.24) is 4.98 Å². The van der Waals surface area contributed by atoms with E-state index in [2.05, 4.69) is 28.5 Å². The number of pyridine rings is 1. The highest BCUT2D eigenvalue weighted by molar-refractivity contribution is 5.43. The van der Waals surface area contributed by atoms with E-state index in [4.69, 9.17) is 4.74 Å². The van der Waals surface area contributed by atoms with E-state index in [1.165, 1.54) is 5.56 Å². The summed E-state index contributed by atoms with van der Waals surface area (Å²) in [6.07, 6.45) is 3.68. The summed E-state index contributed by atoms with van der Waals surface area (Å²) in [5.41, 5.74) is 3.39. The first-order valence-corrected chi connectivity index (χ1v) is 6.15. The number of anilines is 1. The molecule has 0 aliphatic rings. The summed E-state index contributed by atoms with van der Waals surface area (Å²) < 4.78 is 5.48. The molecule has 0 saturated heterocycles. The molecule has 0 aliphatic heterocycles. The topological polar surface area (TPSA) is 34.1 Å². The fourth-order valence-corrected chi connectivity index (χ4v) is 1.77. The molecular formula is C15H18N2O. The van der Waals surface area contributed by atoms with Gasteiger partial charge in [-0.2, -0.15) is 0 Å². The highest BCUT2D eigenvalue weighted by Crippen LogP contribution is 2.15. The average Bonchev–Trinajstić information content (AvgIpc) is 2.37. The molecule has 1 aromatic carbocycles. The molecule has 3 heteroatoms. The fraction of sp³-hybridized carbons (Fsp3) is 0.267. The molecule has 94 valence electrons. The molecule has 0 aliphatic carbocycles. The normalized spacial score (nSPS) is 10.1. The van der Waals surface area contributed by atoms with Gasteiger partial charge in [-0.3, -0.25) is 4.98 Å². The predicted molar refractivity (Wildman–Crippen MR) is 73.9 cm³/mol. The van der Waals surface area contributed by atoms with Crippen LogP contribution in [0, 0.1) is 6.92 Å². The van der Waals surface area contributed by atoms with Crippen LogP contribution in [0.25, 0.3) is 0 Å². The van der Waals surface area contributed by atoms with Gasteiger partial charge in [-0.1, -0.05) is 12.1 Å². The van der Waals surface area contributed by atoms with Gasteiger partial charge in [0.25, 0.3) is 0 Å². The summed E-state index contributed by atoms with van der Waals surface area (Å²) in [6, 6.07) is 10.2. The van der Waals surface area contributed by atoms with Gasteiger partial charge in [0.05, 0.1) is 12.3 Å². The first-order valence-electron chi connectivity index (χ1n) is 6.15. The van der Waals surface area contributed by atoms with Gasteiger partial charge in [0.2, 0.25) is 0 Å². The Hall–Kier alpha value is -2.03. The molecule has 0 saturated carbocycles. The molecule has 2 rings (SSSR count). The second-order valence-electron chi connectivity index (χ2n) is 4.18. The van der Waals surface area contributed by atoms with Crippen molar-refractivity contribution in [2.75, 3.05) is 11.9 Å². The minimum absolute atomic E-state index is 0.693. The lowest BCUT2D eigenvalue weighted by Crippen LogP contribution is -2.00. The third-order valence-electron chi connectivity index (χ3n) is 2.58. The zero-order valence-corrected chi connectivity index (χ0v) is 10.8. The monoisotopic (exact) mass is 242 g/mol. The number of nitrogens with zero attached hydrogens (tertiary/aromatic N) is 1. The Morgan fingerprint density at radius 3 is 2.89 bits per heavy atom. The Bertz CT molecular complexity index is 511. The van der Waals surface area contributed by atoms with Gasteiger partial charge in [-0.15, -0.1) is 0 Å². The zero-order valence-electron chi connectivity index (χ0n) is 10.8. The maximum Gasteiger partial charge on any atom is 0.119 e. The lowest BCUT2D eigenvalue weighted by Gasteiger charge is -2.08. The van der Waals surface area contributed by atoms with Crippen LogP contribution < -0.4 is 10.1 Å². The van der Waals surface area contributed by atoms with Crippen LogP contribution in [0.1, 0.15) is 18.1 Å². The summed E-state index contributed by atoms with van der Waals surface area (Å²) in [5.74, 6) is 0.916. The summed E-state index contributed by atoms with van der Waals surface area (Å²) in [4.78, 5) is 4.16. The van der Waals surface area contributed by atoms with Crippen molar-refractivity contribution in [1.29, 1.82) is 0 Å². The zero-order chi connectivity index (χ0) is 12.8. The van der Waals surface area contributed by atoms with Crippen molar-refractivity contribution in [2.24, 2.45) is 0 Å². The van der Waals surface area contributed by atoms with E-state index in [1.54, 1.807) is 0 Å². The maximum atomic E-state index is 5.48. The standard InChI is InChI=1S/C15H18N2O/c1-3-18-15-6-4-5-13(8-15)10-17-14-7-12(2)9-16-11-14/h4-9,11,17H,3,10H2,1-2H3.